The van der Waals surface area contributed by atoms with Crippen LogP contribution in [0.3, 0.4) is 0 Å². The third-order valence-electron chi connectivity index (χ3n) is 3.87. The Morgan fingerprint density at radius 3 is 2.45 bits per heavy atom. The Hall–Kier alpha value is -0.900. The molecule has 0 aliphatic heterocycles. The standard InChI is InChI=1S/C14H16BrNO3S/c1-3-20(17,18)13-12(14(13,8-16)9-19-2)10-4-6-11(15)7-5-10/h4-7,12-13H,3,9H2,1-2H3/t12-,13-,14+/m1/s1. The van der Waals surface area contributed by atoms with E-state index in [1.54, 1.807) is 6.92 Å². The van der Waals surface area contributed by atoms with Gasteiger partial charge in [0.05, 0.1) is 17.9 Å². The molecule has 1 aromatic carbocycles. The Morgan fingerprint density at radius 1 is 1.40 bits per heavy atom. The number of hydrogen-bond donors (Lipinski definition) is 0. The molecule has 0 N–H and O–H groups in total. The van der Waals surface area contributed by atoms with Gasteiger partial charge in [0.2, 0.25) is 0 Å². The Labute approximate surface area is 127 Å². The second-order valence-electron chi connectivity index (χ2n) is 4.99. The molecule has 1 aliphatic carbocycles. The number of ether oxygens (including phenoxy) is 1. The minimum absolute atomic E-state index is 0.0395. The van der Waals surface area contributed by atoms with Crippen LogP contribution in [0.25, 0.3) is 0 Å². The van der Waals surface area contributed by atoms with Crippen molar-refractivity contribution in [3.8, 4) is 6.07 Å². The van der Waals surface area contributed by atoms with E-state index in [1.165, 1.54) is 7.11 Å². The zero-order valence-electron chi connectivity index (χ0n) is 11.3. The molecule has 0 saturated heterocycles. The smallest absolute Gasteiger partial charge is 0.155 e. The van der Waals surface area contributed by atoms with Crippen LogP contribution in [-0.4, -0.2) is 33.1 Å². The second kappa shape index (κ2) is 5.47. The van der Waals surface area contributed by atoms with Gasteiger partial charge in [-0.2, -0.15) is 5.26 Å². The largest absolute Gasteiger partial charge is 0.383 e. The van der Waals surface area contributed by atoms with Crippen molar-refractivity contribution in [2.24, 2.45) is 5.41 Å². The normalized spacial score (nSPS) is 28.9. The van der Waals surface area contributed by atoms with E-state index in [1.807, 2.05) is 24.3 Å². The molecule has 1 aliphatic rings. The number of hydrogen-bond acceptors (Lipinski definition) is 4. The molecule has 20 heavy (non-hydrogen) atoms. The highest BCUT2D eigenvalue weighted by Crippen LogP contribution is 2.62. The number of methoxy groups -OCH3 is 1. The third kappa shape index (κ3) is 2.39. The minimum atomic E-state index is -3.29. The topological polar surface area (TPSA) is 67.2 Å². The SMILES string of the molecule is CCS(=O)(=O)[C@@H]1[C@@H](c2ccc(Br)cc2)[C@]1(C#N)COC. The first-order valence-corrected chi connectivity index (χ1v) is 8.81. The summed E-state index contributed by atoms with van der Waals surface area (Å²) in [5.74, 6) is -0.275. The van der Waals surface area contributed by atoms with Crippen LogP contribution >= 0.6 is 15.9 Å². The number of nitrogens with zero attached hydrogens (tertiary/aromatic N) is 1. The van der Waals surface area contributed by atoms with Gasteiger partial charge in [0, 0.05) is 23.3 Å². The molecule has 0 heterocycles. The molecule has 2 rings (SSSR count). The third-order valence-corrected chi connectivity index (χ3v) is 6.67. The summed E-state index contributed by atoms with van der Waals surface area (Å²) in [7, 11) is -1.80. The van der Waals surface area contributed by atoms with Crippen LogP contribution in [0.2, 0.25) is 0 Å². The van der Waals surface area contributed by atoms with Crippen molar-refractivity contribution < 1.29 is 13.2 Å². The lowest BCUT2D eigenvalue weighted by Crippen LogP contribution is -2.20. The molecule has 1 aromatic rings. The van der Waals surface area contributed by atoms with E-state index in [0.29, 0.717) is 0 Å². The van der Waals surface area contributed by atoms with Gasteiger partial charge in [-0.3, -0.25) is 0 Å². The maximum Gasteiger partial charge on any atom is 0.155 e. The summed E-state index contributed by atoms with van der Waals surface area (Å²) in [4.78, 5) is 0. The van der Waals surface area contributed by atoms with Gasteiger partial charge in [0.25, 0.3) is 0 Å². The van der Waals surface area contributed by atoms with E-state index < -0.39 is 20.5 Å². The van der Waals surface area contributed by atoms with E-state index in [0.717, 1.165) is 10.0 Å². The van der Waals surface area contributed by atoms with Crippen LogP contribution in [0.15, 0.2) is 28.7 Å². The lowest BCUT2D eigenvalue weighted by atomic mass is 10.0. The minimum Gasteiger partial charge on any atom is -0.383 e. The molecule has 0 radical (unpaired) electrons. The maximum atomic E-state index is 12.2. The molecular formula is C14H16BrNO3S. The van der Waals surface area contributed by atoms with Gasteiger partial charge >= 0.3 is 0 Å². The van der Waals surface area contributed by atoms with Gasteiger partial charge in [-0.15, -0.1) is 0 Å². The second-order valence-corrected chi connectivity index (χ2v) is 8.31. The predicted octanol–water partition coefficient (Wildman–Crippen LogP) is 2.51. The molecule has 1 fully saturated rings. The summed E-state index contributed by atoms with van der Waals surface area (Å²) in [6.07, 6.45) is 0. The molecule has 3 atom stereocenters. The average Bonchev–Trinajstić information content (AvgIpc) is 3.10. The fourth-order valence-corrected chi connectivity index (χ4v) is 5.10. The van der Waals surface area contributed by atoms with Gasteiger partial charge in [-0.25, -0.2) is 8.42 Å². The molecule has 0 unspecified atom stereocenters. The van der Waals surface area contributed by atoms with Crippen LogP contribution in [0, 0.1) is 16.7 Å². The average molecular weight is 358 g/mol. The first kappa shape index (κ1) is 15.5. The van der Waals surface area contributed by atoms with Crippen LogP contribution in [-0.2, 0) is 14.6 Å². The summed E-state index contributed by atoms with van der Waals surface area (Å²) in [6.45, 7) is 1.75. The van der Waals surface area contributed by atoms with Crippen molar-refractivity contribution in [1.29, 1.82) is 5.26 Å². The number of rotatable bonds is 5. The lowest BCUT2D eigenvalue weighted by molar-refractivity contribution is 0.162. The zero-order valence-corrected chi connectivity index (χ0v) is 13.7. The summed E-state index contributed by atoms with van der Waals surface area (Å²) in [6, 6.07) is 9.64. The van der Waals surface area contributed by atoms with Crippen LogP contribution < -0.4 is 0 Å². The Balaban J connectivity index is 2.45. The van der Waals surface area contributed by atoms with Gasteiger partial charge in [-0.1, -0.05) is 35.0 Å². The van der Waals surface area contributed by atoms with Gasteiger partial charge in [0.1, 0.15) is 5.41 Å². The summed E-state index contributed by atoms with van der Waals surface area (Å²) >= 11 is 3.35. The monoisotopic (exact) mass is 357 g/mol. The number of nitriles is 1. The van der Waals surface area contributed by atoms with Gasteiger partial charge < -0.3 is 4.74 Å². The van der Waals surface area contributed by atoms with Crippen LogP contribution in [0.4, 0.5) is 0 Å². The highest BCUT2D eigenvalue weighted by atomic mass is 79.9. The van der Waals surface area contributed by atoms with E-state index in [-0.39, 0.29) is 18.3 Å². The van der Waals surface area contributed by atoms with Crippen molar-refractivity contribution in [3.05, 3.63) is 34.3 Å². The van der Waals surface area contributed by atoms with E-state index in [2.05, 4.69) is 22.0 Å². The first-order chi connectivity index (χ1) is 9.43. The molecule has 108 valence electrons. The van der Waals surface area contributed by atoms with Gasteiger partial charge in [-0.05, 0) is 17.7 Å². The summed E-state index contributed by atoms with van der Waals surface area (Å²) < 4.78 is 30.5. The fraction of sp³-hybridized carbons (Fsp3) is 0.500. The Kier molecular flexibility index (Phi) is 4.24. The van der Waals surface area contributed by atoms with Crippen molar-refractivity contribution in [2.45, 2.75) is 18.1 Å². The van der Waals surface area contributed by atoms with Crippen molar-refractivity contribution in [1.82, 2.24) is 0 Å². The van der Waals surface area contributed by atoms with E-state index in [9.17, 15) is 13.7 Å². The molecule has 0 spiro atoms. The molecule has 4 nitrogen and oxygen atoms in total. The van der Waals surface area contributed by atoms with E-state index in [4.69, 9.17) is 4.74 Å². The van der Waals surface area contributed by atoms with Crippen LogP contribution in [0.1, 0.15) is 18.4 Å². The number of benzene rings is 1. The highest BCUT2D eigenvalue weighted by Gasteiger charge is 2.71. The molecular weight excluding hydrogens is 342 g/mol. The highest BCUT2D eigenvalue weighted by molar-refractivity contribution is 9.10. The Bertz CT molecular complexity index is 635. The predicted molar refractivity (Wildman–Crippen MR) is 80.1 cm³/mol. The van der Waals surface area contributed by atoms with Crippen molar-refractivity contribution >= 4 is 25.8 Å². The fourth-order valence-electron chi connectivity index (χ4n) is 2.83. The number of halogens is 1. The molecule has 6 heteroatoms. The van der Waals surface area contributed by atoms with Crippen molar-refractivity contribution in [3.63, 3.8) is 0 Å². The van der Waals surface area contributed by atoms with Crippen molar-refractivity contribution in [2.75, 3.05) is 19.5 Å². The summed E-state index contributed by atoms with van der Waals surface area (Å²) in [5, 5.41) is 8.82. The lowest BCUT2D eigenvalue weighted by Gasteiger charge is -2.07. The van der Waals surface area contributed by atoms with Gasteiger partial charge in [0.15, 0.2) is 9.84 Å². The Morgan fingerprint density at radius 2 is 2.00 bits per heavy atom. The van der Waals surface area contributed by atoms with E-state index >= 15 is 0 Å². The summed E-state index contributed by atoms with van der Waals surface area (Å²) in [5.41, 5.74) is -0.0916. The molecule has 0 bridgehead atoms. The first-order valence-electron chi connectivity index (χ1n) is 6.30. The zero-order chi connectivity index (χ0) is 15.0. The molecule has 0 aromatic heterocycles. The molecule has 1 saturated carbocycles. The molecule has 0 amide bonds. The maximum absolute atomic E-state index is 12.2. The number of sulfone groups is 1. The quantitative estimate of drug-likeness (QED) is 0.811. The van der Waals surface area contributed by atoms with Crippen LogP contribution in [0.5, 0.6) is 0 Å².